The second-order valence-electron chi connectivity index (χ2n) is 6.63. The molecular weight excluding hydrogens is 319 g/mol. The van der Waals surface area contributed by atoms with E-state index in [0.717, 1.165) is 32.5 Å². The van der Waals surface area contributed by atoms with Crippen LogP contribution >= 0.6 is 0 Å². The third-order valence-corrected chi connectivity index (χ3v) is 4.60. The van der Waals surface area contributed by atoms with E-state index >= 15 is 0 Å². The molecule has 132 valence electrons. The fraction of sp³-hybridized carbons (Fsp3) is 0.350. The zero-order valence-corrected chi connectivity index (χ0v) is 14.1. The average molecular weight is 342 g/mol. The molecule has 1 fully saturated rings. The Bertz CT molecular complexity index is 701. The van der Waals surface area contributed by atoms with E-state index in [1.54, 1.807) is 12.1 Å². The Hall–Kier alpha value is -2.40. The van der Waals surface area contributed by atoms with Crippen LogP contribution < -0.4 is 5.32 Å². The largest absolute Gasteiger partial charge is 0.508 e. The van der Waals surface area contributed by atoms with Crippen LogP contribution in [-0.2, 0) is 6.54 Å². The number of carbonyl (C=O) groups is 1. The molecule has 1 unspecified atom stereocenters. The number of hydrogen-bond donors (Lipinski definition) is 2. The van der Waals surface area contributed by atoms with Gasteiger partial charge in [-0.25, -0.2) is 4.39 Å². The van der Waals surface area contributed by atoms with Crippen molar-refractivity contribution >= 4 is 5.91 Å². The van der Waals surface area contributed by atoms with Gasteiger partial charge >= 0.3 is 0 Å². The van der Waals surface area contributed by atoms with Gasteiger partial charge in [-0.3, -0.25) is 9.69 Å². The summed E-state index contributed by atoms with van der Waals surface area (Å²) in [6.07, 6.45) is 2.20. The van der Waals surface area contributed by atoms with E-state index in [9.17, 15) is 14.3 Å². The van der Waals surface area contributed by atoms with Crippen LogP contribution in [0.3, 0.4) is 0 Å². The zero-order valence-electron chi connectivity index (χ0n) is 14.1. The number of amides is 1. The molecule has 5 heteroatoms. The lowest BCUT2D eigenvalue weighted by Crippen LogP contribution is -2.40. The van der Waals surface area contributed by atoms with Gasteiger partial charge in [-0.2, -0.15) is 0 Å². The first-order valence-corrected chi connectivity index (χ1v) is 8.64. The van der Waals surface area contributed by atoms with E-state index in [1.165, 1.54) is 29.8 Å². The van der Waals surface area contributed by atoms with Crippen LogP contribution in [-0.4, -0.2) is 35.5 Å². The first-order valence-electron chi connectivity index (χ1n) is 8.64. The summed E-state index contributed by atoms with van der Waals surface area (Å²) in [6, 6.07) is 12.9. The number of piperidine rings is 1. The van der Waals surface area contributed by atoms with Crippen molar-refractivity contribution in [3.8, 4) is 5.75 Å². The van der Waals surface area contributed by atoms with E-state index in [0.29, 0.717) is 18.0 Å². The minimum absolute atomic E-state index is 0.157. The van der Waals surface area contributed by atoms with Crippen molar-refractivity contribution in [1.82, 2.24) is 10.2 Å². The molecule has 1 amide bonds. The first-order chi connectivity index (χ1) is 12.1. The molecular formula is C20H23FN2O2. The molecule has 1 aliphatic heterocycles. The molecule has 0 saturated carbocycles. The van der Waals surface area contributed by atoms with E-state index in [1.807, 2.05) is 12.1 Å². The van der Waals surface area contributed by atoms with E-state index in [-0.39, 0.29) is 17.5 Å². The molecule has 0 spiro atoms. The lowest BCUT2D eigenvalue weighted by atomic mass is 9.97. The van der Waals surface area contributed by atoms with Gasteiger partial charge in [0.05, 0.1) is 0 Å². The quantitative estimate of drug-likeness (QED) is 0.877. The summed E-state index contributed by atoms with van der Waals surface area (Å²) >= 11 is 0. The van der Waals surface area contributed by atoms with Gasteiger partial charge in [0.25, 0.3) is 5.91 Å². The normalized spacial score (nSPS) is 18.0. The maximum Gasteiger partial charge on any atom is 0.251 e. The second kappa shape index (κ2) is 8.12. The number of nitrogens with one attached hydrogen (secondary N) is 1. The van der Waals surface area contributed by atoms with Crippen LogP contribution in [0.15, 0.2) is 48.5 Å². The van der Waals surface area contributed by atoms with Crippen molar-refractivity contribution in [2.45, 2.75) is 19.4 Å². The minimum atomic E-state index is -0.339. The maximum absolute atomic E-state index is 12.9. The molecule has 1 heterocycles. The number of likely N-dealkylation sites (tertiary alicyclic amines) is 1. The molecule has 0 aliphatic carbocycles. The topological polar surface area (TPSA) is 52.6 Å². The van der Waals surface area contributed by atoms with Gasteiger partial charge in [0.1, 0.15) is 11.6 Å². The minimum Gasteiger partial charge on any atom is -0.508 e. The highest BCUT2D eigenvalue weighted by Crippen LogP contribution is 2.19. The molecule has 2 aromatic carbocycles. The summed E-state index contributed by atoms with van der Waals surface area (Å²) in [7, 11) is 0. The van der Waals surface area contributed by atoms with Crippen LogP contribution in [0.5, 0.6) is 5.75 Å². The highest BCUT2D eigenvalue weighted by Gasteiger charge is 2.20. The van der Waals surface area contributed by atoms with Gasteiger partial charge in [0.2, 0.25) is 0 Å². The molecule has 1 saturated heterocycles. The fourth-order valence-corrected chi connectivity index (χ4v) is 3.26. The number of halogens is 1. The summed E-state index contributed by atoms with van der Waals surface area (Å²) in [5.41, 5.74) is 1.66. The van der Waals surface area contributed by atoms with Crippen LogP contribution in [0.1, 0.15) is 28.8 Å². The SMILES string of the molecule is O=C(NCC1CCCN(Cc2ccc(O)cc2)C1)c1ccc(F)cc1. The smallest absolute Gasteiger partial charge is 0.251 e. The van der Waals surface area contributed by atoms with Gasteiger partial charge in [0.15, 0.2) is 0 Å². The van der Waals surface area contributed by atoms with E-state index in [2.05, 4.69) is 10.2 Å². The molecule has 0 radical (unpaired) electrons. The standard InChI is InChI=1S/C20H23FN2O2/c21-18-7-5-17(6-8-18)20(25)22-12-16-2-1-11-23(14-16)13-15-3-9-19(24)10-4-15/h3-10,16,24H,1-2,11-14H2,(H,22,25). The number of phenolic OH excluding ortho intramolecular Hbond substituents is 1. The lowest BCUT2D eigenvalue weighted by Gasteiger charge is -2.32. The first kappa shape index (κ1) is 17.4. The van der Waals surface area contributed by atoms with Gasteiger partial charge in [-0.1, -0.05) is 12.1 Å². The van der Waals surface area contributed by atoms with Crippen LogP contribution in [0.25, 0.3) is 0 Å². The highest BCUT2D eigenvalue weighted by atomic mass is 19.1. The van der Waals surface area contributed by atoms with Crippen molar-refractivity contribution in [1.29, 1.82) is 0 Å². The van der Waals surface area contributed by atoms with E-state index in [4.69, 9.17) is 0 Å². The van der Waals surface area contributed by atoms with Gasteiger partial charge in [0, 0.05) is 25.2 Å². The van der Waals surface area contributed by atoms with Crippen molar-refractivity contribution < 1.29 is 14.3 Å². The summed E-state index contributed by atoms with van der Waals surface area (Å²) < 4.78 is 12.9. The number of nitrogens with zero attached hydrogens (tertiary/aromatic N) is 1. The highest BCUT2D eigenvalue weighted by molar-refractivity contribution is 5.94. The summed E-state index contributed by atoms with van der Waals surface area (Å²) in [5, 5.41) is 12.3. The predicted molar refractivity (Wildman–Crippen MR) is 94.8 cm³/mol. The third-order valence-electron chi connectivity index (χ3n) is 4.60. The van der Waals surface area contributed by atoms with Crippen LogP contribution in [0.4, 0.5) is 4.39 Å². The van der Waals surface area contributed by atoms with Crippen molar-refractivity contribution in [2.24, 2.45) is 5.92 Å². The lowest BCUT2D eigenvalue weighted by molar-refractivity contribution is 0.0930. The van der Waals surface area contributed by atoms with Crippen molar-refractivity contribution in [3.05, 3.63) is 65.5 Å². The second-order valence-corrected chi connectivity index (χ2v) is 6.63. The Balaban J connectivity index is 1.48. The molecule has 1 atom stereocenters. The Morgan fingerprint density at radius 2 is 1.88 bits per heavy atom. The van der Waals surface area contributed by atoms with Gasteiger partial charge in [-0.05, 0) is 67.3 Å². The van der Waals surface area contributed by atoms with Gasteiger partial charge < -0.3 is 10.4 Å². The zero-order chi connectivity index (χ0) is 17.6. The molecule has 0 aromatic heterocycles. The number of hydrogen-bond acceptors (Lipinski definition) is 3. The maximum atomic E-state index is 12.9. The Morgan fingerprint density at radius 3 is 2.60 bits per heavy atom. The molecule has 0 bridgehead atoms. The Morgan fingerprint density at radius 1 is 1.16 bits per heavy atom. The molecule has 4 nitrogen and oxygen atoms in total. The number of benzene rings is 2. The van der Waals surface area contributed by atoms with E-state index < -0.39 is 0 Å². The number of rotatable bonds is 5. The Kier molecular flexibility index (Phi) is 5.66. The average Bonchev–Trinajstić information content (AvgIpc) is 2.63. The number of aromatic hydroxyl groups is 1. The van der Waals surface area contributed by atoms with Gasteiger partial charge in [-0.15, -0.1) is 0 Å². The van der Waals surface area contributed by atoms with Crippen LogP contribution in [0.2, 0.25) is 0 Å². The summed E-state index contributed by atoms with van der Waals surface area (Å²) in [4.78, 5) is 14.5. The summed E-state index contributed by atoms with van der Waals surface area (Å²) in [5.74, 6) is 0.198. The molecule has 2 aromatic rings. The van der Waals surface area contributed by atoms with Crippen molar-refractivity contribution in [3.63, 3.8) is 0 Å². The monoisotopic (exact) mass is 342 g/mol. The third kappa shape index (κ3) is 5.03. The summed E-state index contributed by atoms with van der Waals surface area (Å²) in [6.45, 7) is 3.46. The predicted octanol–water partition coefficient (Wildman–Crippen LogP) is 3.17. The molecule has 2 N–H and O–H groups in total. The number of phenols is 1. The fourth-order valence-electron chi connectivity index (χ4n) is 3.26. The molecule has 25 heavy (non-hydrogen) atoms. The Labute approximate surface area is 147 Å². The van der Waals surface area contributed by atoms with Crippen molar-refractivity contribution in [2.75, 3.05) is 19.6 Å². The molecule has 1 aliphatic rings. The number of carbonyl (C=O) groups excluding carboxylic acids is 1. The molecule has 3 rings (SSSR count). The van der Waals surface area contributed by atoms with Crippen LogP contribution in [0, 0.1) is 11.7 Å².